The van der Waals surface area contributed by atoms with Crippen molar-refractivity contribution in [1.82, 2.24) is 24.8 Å². The van der Waals surface area contributed by atoms with Gasteiger partial charge in [0.05, 0.1) is 39.7 Å². The summed E-state index contributed by atoms with van der Waals surface area (Å²) in [4.78, 5) is 0.244. The number of hydrogen-bond acceptors (Lipinski definition) is 3. The highest BCUT2D eigenvalue weighted by atomic mass is 79.9. The molecule has 0 fully saturated rings. The molecule has 0 amide bonds. The summed E-state index contributed by atoms with van der Waals surface area (Å²) in [6.45, 7) is 7.62. The maximum Gasteiger partial charge on any atom is 0.0963 e. The average Bonchev–Trinajstić information content (AvgIpc) is 3.04. The molecule has 110 valence electrons. The van der Waals surface area contributed by atoms with E-state index in [1.165, 1.54) is 0 Å². The molecule has 0 aliphatic rings. The highest BCUT2D eigenvalue weighted by molar-refractivity contribution is 9.09. The standard InChI is InChI=1S/C13H19BrClN5/c1-4-9(14)11-7-19(18-16-11)8-12-13(15)10(5-2)17-20(12)6-3/h7,9H,4-6,8H2,1-3H3. The topological polar surface area (TPSA) is 48.5 Å². The van der Waals surface area contributed by atoms with Gasteiger partial charge in [0.1, 0.15) is 0 Å². The molecule has 20 heavy (non-hydrogen) atoms. The lowest BCUT2D eigenvalue weighted by molar-refractivity contribution is 0.564. The second-order valence-corrected chi connectivity index (χ2v) is 6.08. The van der Waals surface area contributed by atoms with E-state index < -0.39 is 0 Å². The molecule has 0 aromatic carbocycles. The number of alkyl halides is 1. The Bertz CT molecular complexity index is 577. The van der Waals surface area contributed by atoms with E-state index in [1.807, 2.05) is 15.6 Å². The summed E-state index contributed by atoms with van der Waals surface area (Å²) in [5.41, 5.74) is 2.88. The molecule has 0 radical (unpaired) electrons. The number of hydrogen-bond donors (Lipinski definition) is 0. The van der Waals surface area contributed by atoms with Crippen LogP contribution in [0.3, 0.4) is 0 Å². The average molecular weight is 361 g/mol. The van der Waals surface area contributed by atoms with Crippen molar-refractivity contribution in [1.29, 1.82) is 0 Å². The molecule has 0 saturated carbocycles. The predicted octanol–water partition coefficient (Wildman–Crippen LogP) is 3.60. The molecule has 2 heterocycles. The van der Waals surface area contributed by atoms with Crippen LogP contribution >= 0.6 is 27.5 Å². The summed E-state index contributed by atoms with van der Waals surface area (Å²) in [5, 5.41) is 13.6. The minimum Gasteiger partial charge on any atom is -0.266 e. The van der Waals surface area contributed by atoms with Crippen molar-refractivity contribution >= 4 is 27.5 Å². The van der Waals surface area contributed by atoms with E-state index in [0.29, 0.717) is 6.54 Å². The van der Waals surface area contributed by atoms with Crippen molar-refractivity contribution in [3.8, 4) is 0 Å². The number of aryl methyl sites for hydroxylation is 2. The Morgan fingerprint density at radius 3 is 2.70 bits per heavy atom. The van der Waals surface area contributed by atoms with Gasteiger partial charge in [-0.1, -0.05) is 46.6 Å². The molecule has 2 aromatic rings. The van der Waals surface area contributed by atoms with E-state index >= 15 is 0 Å². The molecular weight excluding hydrogens is 342 g/mol. The Kier molecular flexibility index (Phi) is 5.21. The third kappa shape index (κ3) is 3.06. The lowest BCUT2D eigenvalue weighted by atomic mass is 10.3. The van der Waals surface area contributed by atoms with E-state index in [1.54, 1.807) is 0 Å². The van der Waals surface area contributed by atoms with Crippen LogP contribution in [0, 0.1) is 0 Å². The zero-order valence-corrected chi connectivity index (χ0v) is 14.3. The van der Waals surface area contributed by atoms with Crippen molar-refractivity contribution in [2.45, 2.75) is 51.5 Å². The van der Waals surface area contributed by atoms with Crippen LogP contribution in [-0.2, 0) is 19.5 Å². The minimum absolute atomic E-state index is 0.244. The van der Waals surface area contributed by atoms with Gasteiger partial charge in [-0.25, -0.2) is 4.68 Å². The summed E-state index contributed by atoms with van der Waals surface area (Å²) in [7, 11) is 0. The maximum atomic E-state index is 6.40. The molecule has 2 rings (SSSR count). The first-order chi connectivity index (χ1) is 9.60. The van der Waals surface area contributed by atoms with Crippen LogP contribution < -0.4 is 0 Å². The van der Waals surface area contributed by atoms with Crippen LogP contribution in [0.1, 0.15) is 49.1 Å². The highest BCUT2D eigenvalue weighted by Gasteiger charge is 2.16. The van der Waals surface area contributed by atoms with Crippen LogP contribution in [-0.4, -0.2) is 24.8 Å². The van der Waals surface area contributed by atoms with Crippen molar-refractivity contribution in [2.75, 3.05) is 0 Å². The molecule has 1 atom stereocenters. The molecule has 0 aliphatic carbocycles. The Hall–Kier alpha value is -0.880. The minimum atomic E-state index is 0.244. The number of halogens is 2. The molecule has 5 nitrogen and oxygen atoms in total. The highest BCUT2D eigenvalue weighted by Crippen LogP contribution is 2.25. The van der Waals surface area contributed by atoms with Crippen LogP contribution in [0.15, 0.2) is 6.20 Å². The van der Waals surface area contributed by atoms with Gasteiger partial charge >= 0.3 is 0 Å². The maximum absolute atomic E-state index is 6.40. The first-order valence-electron chi connectivity index (χ1n) is 6.88. The monoisotopic (exact) mass is 359 g/mol. The zero-order valence-electron chi connectivity index (χ0n) is 12.0. The Balaban J connectivity index is 2.25. The Morgan fingerprint density at radius 2 is 2.10 bits per heavy atom. The molecule has 0 saturated heterocycles. The van der Waals surface area contributed by atoms with E-state index in [4.69, 9.17) is 11.6 Å². The molecule has 1 unspecified atom stereocenters. The zero-order chi connectivity index (χ0) is 14.7. The van der Waals surface area contributed by atoms with E-state index in [2.05, 4.69) is 52.1 Å². The second-order valence-electron chi connectivity index (χ2n) is 4.59. The van der Waals surface area contributed by atoms with Gasteiger partial charge in [0.2, 0.25) is 0 Å². The fourth-order valence-electron chi connectivity index (χ4n) is 2.07. The lowest BCUT2D eigenvalue weighted by Crippen LogP contribution is -2.08. The van der Waals surface area contributed by atoms with Crippen LogP contribution in [0.4, 0.5) is 0 Å². The number of nitrogens with zero attached hydrogens (tertiary/aromatic N) is 5. The van der Waals surface area contributed by atoms with Crippen LogP contribution in [0.2, 0.25) is 5.02 Å². The fourth-order valence-corrected chi connectivity index (χ4v) is 2.60. The molecule has 0 N–H and O–H groups in total. The summed E-state index contributed by atoms with van der Waals surface area (Å²) >= 11 is 9.98. The third-order valence-electron chi connectivity index (χ3n) is 3.24. The van der Waals surface area contributed by atoms with Gasteiger partial charge in [-0.2, -0.15) is 5.10 Å². The van der Waals surface area contributed by atoms with Crippen molar-refractivity contribution < 1.29 is 0 Å². The molecule has 2 aromatic heterocycles. The van der Waals surface area contributed by atoms with Crippen molar-refractivity contribution in [2.24, 2.45) is 0 Å². The van der Waals surface area contributed by atoms with Gasteiger partial charge in [-0.15, -0.1) is 5.10 Å². The molecule has 0 aliphatic heterocycles. The summed E-state index contributed by atoms with van der Waals surface area (Å²) < 4.78 is 3.75. The second kappa shape index (κ2) is 6.72. The smallest absolute Gasteiger partial charge is 0.0963 e. The van der Waals surface area contributed by atoms with Crippen molar-refractivity contribution in [3.63, 3.8) is 0 Å². The number of rotatable bonds is 6. The van der Waals surface area contributed by atoms with Crippen LogP contribution in [0.5, 0.6) is 0 Å². The van der Waals surface area contributed by atoms with Gasteiger partial charge in [0.25, 0.3) is 0 Å². The van der Waals surface area contributed by atoms with E-state index in [-0.39, 0.29) is 4.83 Å². The fraction of sp³-hybridized carbons (Fsp3) is 0.615. The molecular formula is C13H19BrClN5. The number of aromatic nitrogens is 5. The van der Waals surface area contributed by atoms with Gasteiger partial charge in [-0.05, 0) is 19.8 Å². The van der Waals surface area contributed by atoms with Crippen molar-refractivity contribution in [3.05, 3.63) is 28.3 Å². The van der Waals surface area contributed by atoms with Gasteiger partial charge in [0.15, 0.2) is 0 Å². The third-order valence-corrected chi connectivity index (χ3v) is 4.79. The predicted molar refractivity (Wildman–Crippen MR) is 83.4 cm³/mol. The molecule has 7 heteroatoms. The van der Waals surface area contributed by atoms with Crippen LogP contribution in [0.25, 0.3) is 0 Å². The SMILES string of the molecule is CCc1nn(CC)c(Cn2cc(C(Br)CC)nn2)c1Cl. The Morgan fingerprint density at radius 1 is 1.35 bits per heavy atom. The summed E-state index contributed by atoms with van der Waals surface area (Å²) in [5.74, 6) is 0. The molecule has 0 bridgehead atoms. The van der Waals surface area contributed by atoms with Gasteiger partial charge < -0.3 is 0 Å². The van der Waals surface area contributed by atoms with E-state index in [9.17, 15) is 0 Å². The van der Waals surface area contributed by atoms with E-state index in [0.717, 1.165) is 41.5 Å². The lowest BCUT2D eigenvalue weighted by Gasteiger charge is -2.05. The quantitative estimate of drug-likeness (QED) is 0.739. The molecule has 0 spiro atoms. The summed E-state index contributed by atoms with van der Waals surface area (Å²) in [6.07, 6.45) is 3.77. The van der Waals surface area contributed by atoms with Gasteiger partial charge in [0, 0.05) is 6.54 Å². The Labute approximate surface area is 132 Å². The largest absolute Gasteiger partial charge is 0.266 e. The first kappa shape index (κ1) is 15.5. The van der Waals surface area contributed by atoms with Gasteiger partial charge in [-0.3, -0.25) is 4.68 Å². The first-order valence-corrected chi connectivity index (χ1v) is 8.18. The summed E-state index contributed by atoms with van der Waals surface area (Å²) in [6, 6.07) is 0. The normalized spacial score (nSPS) is 12.8.